The largest absolute Gasteiger partial charge is 0.459 e. The molecule has 1 fully saturated rings. The topological polar surface area (TPSA) is 28.4 Å². The minimum Gasteiger partial charge on any atom is -0.459 e. The SMILES string of the molecule is CNCc1c(CN2CC(C)SC(C)C2)oc2ccccc12. The summed E-state index contributed by atoms with van der Waals surface area (Å²) in [6.45, 7) is 8.71. The number of nitrogens with zero attached hydrogens (tertiary/aromatic N) is 1. The number of nitrogens with one attached hydrogen (secondary N) is 1. The van der Waals surface area contributed by atoms with Gasteiger partial charge in [0.25, 0.3) is 0 Å². The quantitative estimate of drug-likeness (QED) is 0.936. The molecule has 0 radical (unpaired) electrons. The Hall–Kier alpha value is -0.970. The first-order valence-corrected chi connectivity index (χ1v) is 8.63. The van der Waals surface area contributed by atoms with Crippen molar-refractivity contribution in [1.82, 2.24) is 10.2 Å². The summed E-state index contributed by atoms with van der Waals surface area (Å²) in [4.78, 5) is 2.53. The average molecular weight is 304 g/mol. The van der Waals surface area contributed by atoms with Crippen LogP contribution >= 0.6 is 11.8 Å². The first-order valence-electron chi connectivity index (χ1n) is 7.69. The number of para-hydroxylation sites is 1. The van der Waals surface area contributed by atoms with Crippen LogP contribution in [0.5, 0.6) is 0 Å². The molecule has 2 atom stereocenters. The minimum absolute atomic E-state index is 0.700. The Balaban J connectivity index is 1.87. The molecule has 3 rings (SSSR count). The maximum absolute atomic E-state index is 6.14. The van der Waals surface area contributed by atoms with Crippen LogP contribution in [0, 0.1) is 0 Å². The van der Waals surface area contributed by atoms with Gasteiger partial charge in [-0.25, -0.2) is 0 Å². The average Bonchev–Trinajstić information content (AvgIpc) is 2.76. The molecule has 2 aromatic rings. The van der Waals surface area contributed by atoms with Gasteiger partial charge in [0.1, 0.15) is 11.3 Å². The van der Waals surface area contributed by atoms with Gasteiger partial charge in [0.15, 0.2) is 0 Å². The third kappa shape index (κ3) is 3.28. The summed E-state index contributed by atoms with van der Waals surface area (Å²) in [5.74, 6) is 1.12. The number of furan rings is 1. The summed E-state index contributed by atoms with van der Waals surface area (Å²) in [6, 6.07) is 8.35. The van der Waals surface area contributed by atoms with E-state index in [4.69, 9.17) is 4.42 Å². The zero-order chi connectivity index (χ0) is 14.8. The van der Waals surface area contributed by atoms with Crippen LogP contribution in [-0.2, 0) is 13.1 Å². The van der Waals surface area contributed by atoms with Crippen molar-refractivity contribution in [3.05, 3.63) is 35.6 Å². The van der Waals surface area contributed by atoms with Gasteiger partial charge >= 0.3 is 0 Å². The van der Waals surface area contributed by atoms with Crippen LogP contribution in [0.25, 0.3) is 11.0 Å². The summed E-state index contributed by atoms with van der Waals surface area (Å²) in [5, 5.41) is 5.92. The number of rotatable bonds is 4. The van der Waals surface area contributed by atoms with Gasteiger partial charge in [0.05, 0.1) is 6.54 Å². The smallest absolute Gasteiger partial charge is 0.134 e. The van der Waals surface area contributed by atoms with Gasteiger partial charge in [-0.05, 0) is 13.1 Å². The second-order valence-corrected chi connectivity index (χ2v) is 7.86. The van der Waals surface area contributed by atoms with Crippen molar-refractivity contribution in [2.75, 3.05) is 20.1 Å². The van der Waals surface area contributed by atoms with Crippen molar-refractivity contribution in [2.24, 2.45) is 0 Å². The monoisotopic (exact) mass is 304 g/mol. The summed E-state index contributed by atoms with van der Waals surface area (Å²) >= 11 is 2.09. The Labute approximate surface area is 131 Å². The lowest BCUT2D eigenvalue weighted by atomic mass is 10.1. The Bertz CT molecular complexity index is 600. The number of fused-ring (bicyclic) bond motifs is 1. The molecule has 1 saturated heterocycles. The highest BCUT2D eigenvalue weighted by Crippen LogP contribution is 2.30. The minimum atomic E-state index is 0.700. The molecule has 0 saturated carbocycles. The normalized spacial score (nSPS) is 23.8. The lowest BCUT2D eigenvalue weighted by Gasteiger charge is -2.34. The second-order valence-electron chi connectivity index (χ2n) is 5.98. The van der Waals surface area contributed by atoms with E-state index < -0.39 is 0 Å². The molecule has 3 nitrogen and oxygen atoms in total. The summed E-state index contributed by atoms with van der Waals surface area (Å²) < 4.78 is 6.14. The predicted octanol–water partition coefficient (Wildman–Crippen LogP) is 3.48. The third-order valence-electron chi connectivity index (χ3n) is 4.00. The van der Waals surface area contributed by atoms with Gasteiger partial charge in [-0.2, -0.15) is 11.8 Å². The van der Waals surface area contributed by atoms with Crippen molar-refractivity contribution < 1.29 is 4.42 Å². The van der Waals surface area contributed by atoms with E-state index in [-0.39, 0.29) is 0 Å². The van der Waals surface area contributed by atoms with E-state index in [2.05, 4.69) is 54.0 Å². The Kier molecular flexibility index (Phi) is 4.57. The maximum Gasteiger partial charge on any atom is 0.134 e. The first kappa shape index (κ1) is 14.9. The van der Waals surface area contributed by atoms with Gasteiger partial charge in [-0.15, -0.1) is 0 Å². The van der Waals surface area contributed by atoms with Crippen LogP contribution < -0.4 is 5.32 Å². The fourth-order valence-corrected chi connectivity index (χ4v) is 4.65. The van der Waals surface area contributed by atoms with Crippen LogP contribution in [-0.4, -0.2) is 35.5 Å². The Morgan fingerprint density at radius 3 is 2.67 bits per heavy atom. The van der Waals surface area contributed by atoms with Crippen LogP contribution in [0.1, 0.15) is 25.2 Å². The van der Waals surface area contributed by atoms with E-state index >= 15 is 0 Å². The predicted molar refractivity (Wildman–Crippen MR) is 90.8 cm³/mol. The summed E-state index contributed by atoms with van der Waals surface area (Å²) in [6.07, 6.45) is 0. The molecule has 1 aliphatic heterocycles. The van der Waals surface area contributed by atoms with Crippen LogP contribution in [0.2, 0.25) is 0 Å². The molecule has 1 N–H and O–H groups in total. The highest BCUT2D eigenvalue weighted by molar-refractivity contribution is 8.00. The molecule has 1 aromatic carbocycles. The molecule has 2 unspecified atom stereocenters. The fourth-order valence-electron chi connectivity index (χ4n) is 3.26. The van der Waals surface area contributed by atoms with E-state index in [1.807, 2.05) is 13.1 Å². The maximum atomic E-state index is 6.14. The summed E-state index contributed by atoms with van der Waals surface area (Å²) in [5.41, 5.74) is 2.32. The first-order chi connectivity index (χ1) is 10.2. The molecule has 0 spiro atoms. The molecule has 0 amide bonds. The molecule has 0 aliphatic carbocycles. The van der Waals surface area contributed by atoms with E-state index in [1.54, 1.807) is 0 Å². The molecule has 1 aliphatic rings. The zero-order valence-electron chi connectivity index (χ0n) is 13.1. The number of thioether (sulfide) groups is 1. The van der Waals surface area contributed by atoms with E-state index in [1.165, 1.54) is 10.9 Å². The van der Waals surface area contributed by atoms with Crippen LogP contribution in [0.4, 0.5) is 0 Å². The van der Waals surface area contributed by atoms with Crippen molar-refractivity contribution >= 4 is 22.7 Å². The van der Waals surface area contributed by atoms with Crippen molar-refractivity contribution in [3.8, 4) is 0 Å². The molecule has 2 heterocycles. The molecule has 0 bridgehead atoms. The standard InChI is InChI=1S/C17H24N2OS/c1-12-9-19(10-13(2)21-12)11-17-15(8-18-3)14-6-4-5-7-16(14)20-17/h4-7,12-13,18H,8-11H2,1-3H3. The van der Waals surface area contributed by atoms with Gasteiger partial charge in [0.2, 0.25) is 0 Å². The molecule has 21 heavy (non-hydrogen) atoms. The highest BCUT2D eigenvalue weighted by Gasteiger charge is 2.24. The van der Waals surface area contributed by atoms with Crippen LogP contribution in [0.15, 0.2) is 28.7 Å². The number of hydrogen-bond donors (Lipinski definition) is 1. The summed E-state index contributed by atoms with van der Waals surface area (Å²) in [7, 11) is 1.99. The number of hydrogen-bond acceptors (Lipinski definition) is 4. The lowest BCUT2D eigenvalue weighted by molar-refractivity contribution is 0.242. The second kappa shape index (κ2) is 6.42. The van der Waals surface area contributed by atoms with E-state index in [0.29, 0.717) is 10.5 Å². The van der Waals surface area contributed by atoms with Gasteiger partial charge in [-0.1, -0.05) is 32.0 Å². The van der Waals surface area contributed by atoms with Gasteiger partial charge in [-0.3, -0.25) is 4.90 Å². The van der Waals surface area contributed by atoms with Crippen LogP contribution in [0.3, 0.4) is 0 Å². The van der Waals surface area contributed by atoms with Gasteiger partial charge < -0.3 is 9.73 Å². The van der Waals surface area contributed by atoms with Crippen molar-refractivity contribution in [2.45, 2.75) is 37.4 Å². The molecular formula is C17H24N2OS. The highest BCUT2D eigenvalue weighted by atomic mass is 32.2. The third-order valence-corrected chi connectivity index (χ3v) is 5.23. The molecule has 114 valence electrons. The number of benzene rings is 1. The lowest BCUT2D eigenvalue weighted by Crippen LogP contribution is -2.39. The molecule has 1 aromatic heterocycles. The zero-order valence-corrected chi connectivity index (χ0v) is 13.9. The molecule has 4 heteroatoms. The molecular weight excluding hydrogens is 280 g/mol. The van der Waals surface area contributed by atoms with Crippen molar-refractivity contribution in [3.63, 3.8) is 0 Å². The Morgan fingerprint density at radius 2 is 1.95 bits per heavy atom. The fraction of sp³-hybridized carbons (Fsp3) is 0.529. The van der Waals surface area contributed by atoms with Crippen molar-refractivity contribution in [1.29, 1.82) is 0 Å². The van der Waals surface area contributed by atoms with E-state index in [0.717, 1.165) is 37.5 Å². The van der Waals surface area contributed by atoms with Gasteiger partial charge in [0, 0.05) is 41.1 Å². The van der Waals surface area contributed by atoms with E-state index in [9.17, 15) is 0 Å². The Morgan fingerprint density at radius 1 is 1.24 bits per heavy atom.